The lowest BCUT2D eigenvalue weighted by Gasteiger charge is -2.23. The number of hydrogen-bond donors (Lipinski definition) is 1. The molecular weight excluding hydrogens is 458 g/mol. The molecule has 0 aliphatic carbocycles. The Labute approximate surface area is 200 Å². The second kappa shape index (κ2) is 9.76. The highest BCUT2D eigenvalue weighted by atomic mass is 35.5. The monoisotopic (exact) mass is 477 g/mol. The van der Waals surface area contributed by atoms with E-state index in [2.05, 4.69) is 10.1 Å². The van der Waals surface area contributed by atoms with Gasteiger partial charge in [-0.05, 0) is 38.1 Å². The van der Waals surface area contributed by atoms with Gasteiger partial charge in [0.05, 0.1) is 28.6 Å². The SMILES string of the molecule is CCOC(=O)N(c1ccccc1Cl)c1c(C)noc1-c1ccc(-c2cc(C(=O)O)ccn2)cc1. The summed E-state index contributed by atoms with van der Waals surface area (Å²) in [6, 6.07) is 17.0. The van der Waals surface area contributed by atoms with E-state index < -0.39 is 12.1 Å². The number of aromatic nitrogens is 2. The molecule has 0 atom stereocenters. The summed E-state index contributed by atoms with van der Waals surface area (Å²) in [7, 11) is 0. The van der Waals surface area contributed by atoms with Crippen LogP contribution in [0.3, 0.4) is 0 Å². The van der Waals surface area contributed by atoms with E-state index in [9.17, 15) is 14.7 Å². The van der Waals surface area contributed by atoms with Crippen LogP contribution in [-0.4, -0.2) is 33.9 Å². The van der Waals surface area contributed by atoms with Crippen LogP contribution >= 0.6 is 11.6 Å². The van der Waals surface area contributed by atoms with Crippen molar-refractivity contribution in [2.24, 2.45) is 0 Å². The van der Waals surface area contributed by atoms with E-state index >= 15 is 0 Å². The van der Waals surface area contributed by atoms with Gasteiger partial charge >= 0.3 is 12.1 Å². The van der Waals surface area contributed by atoms with Crippen LogP contribution < -0.4 is 4.90 Å². The van der Waals surface area contributed by atoms with Crippen molar-refractivity contribution in [3.05, 3.63) is 83.1 Å². The van der Waals surface area contributed by atoms with Crippen molar-refractivity contribution in [1.29, 1.82) is 0 Å². The molecular formula is C25H20ClN3O5. The highest BCUT2D eigenvalue weighted by Crippen LogP contribution is 2.41. The third-order valence-corrected chi connectivity index (χ3v) is 5.37. The number of rotatable bonds is 6. The number of aromatic carboxylic acids is 1. The molecule has 4 aromatic rings. The number of para-hydroxylation sites is 1. The van der Waals surface area contributed by atoms with Crippen LogP contribution in [-0.2, 0) is 4.74 Å². The molecule has 2 heterocycles. The van der Waals surface area contributed by atoms with E-state index in [-0.39, 0.29) is 12.2 Å². The number of anilines is 2. The fourth-order valence-corrected chi connectivity index (χ4v) is 3.68. The molecule has 2 aromatic carbocycles. The Bertz CT molecular complexity index is 1350. The average Bonchev–Trinajstić information content (AvgIpc) is 3.22. The Kier molecular flexibility index (Phi) is 6.60. The Balaban J connectivity index is 1.77. The summed E-state index contributed by atoms with van der Waals surface area (Å²) in [6.45, 7) is 3.62. The lowest BCUT2D eigenvalue weighted by molar-refractivity contribution is 0.0696. The minimum atomic E-state index is -1.03. The molecule has 0 aliphatic rings. The fourth-order valence-electron chi connectivity index (χ4n) is 3.46. The lowest BCUT2D eigenvalue weighted by atomic mass is 10.0. The zero-order valence-corrected chi connectivity index (χ0v) is 19.1. The molecule has 0 radical (unpaired) electrons. The molecule has 0 saturated heterocycles. The van der Waals surface area contributed by atoms with Gasteiger partial charge in [-0.2, -0.15) is 0 Å². The molecule has 0 bridgehead atoms. The number of halogens is 1. The number of benzene rings is 2. The summed E-state index contributed by atoms with van der Waals surface area (Å²) in [6.07, 6.45) is 0.834. The van der Waals surface area contributed by atoms with Crippen molar-refractivity contribution in [3.8, 4) is 22.6 Å². The van der Waals surface area contributed by atoms with Crippen LogP contribution in [0.2, 0.25) is 5.02 Å². The van der Waals surface area contributed by atoms with Gasteiger partial charge in [-0.25, -0.2) is 14.5 Å². The maximum Gasteiger partial charge on any atom is 0.419 e. The van der Waals surface area contributed by atoms with E-state index in [0.29, 0.717) is 39.1 Å². The first-order valence-corrected chi connectivity index (χ1v) is 10.8. The first-order chi connectivity index (χ1) is 16.4. The van der Waals surface area contributed by atoms with Crippen LogP contribution in [0, 0.1) is 6.92 Å². The van der Waals surface area contributed by atoms with E-state index in [1.54, 1.807) is 62.4 Å². The zero-order chi connectivity index (χ0) is 24.2. The summed E-state index contributed by atoms with van der Waals surface area (Å²) in [5.41, 5.74) is 3.35. The number of ether oxygens (including phenoxy) is 1. The van der Waals surface area contributed by atoms with Gasteiger partial charge in [0.25, 0.3) is 0 Å². The molecule has 8 nitrogen and oxygen atoms in total. The van der Waals surface area contributed by atoms with Crippen molar-refractivity contribution >= 4 is 35.0 Å². The Morgan fingerprint density at radius 2 is 1.79 bits per heavy atom. The molecule has 0 saturated carbocycles. The topological polar surface area (TPSA) is 106 Å². The predicted octanol–water partition coefficient (Wildman–Crippen LogP) is 6.36. The number of pyridine rings is 1. The van der Waals surface area contributed by atoms with Crippen LogP contribution in [0.4, 0.5) is 16.2 Å². The number of carbonyl (C=O) groups is 2. The quantitative estimate of drug-likeness (QED) is 0.344. The molecule has 0 spiro atoms. The van der Waals surface area contributed by atoms with Crippen molar-refractivity contribution in [2.45, 2.75) is 13.8 Å². The van der Waals surface area contributed by atoms with Crippen molar-refractivity contribution in [2.75, 3.05) is 11.5 Å². The van der Waals surface area contributed by atoms with Crippen LogP contribution in [0.15, 0.2) is 71.4 Å². The van der Waals surface area contributed by atoms with E-state index in [1.807, 2.05) is 0 Å². The van der Waals surface area contributed by atoms with Crippen molar-refractivity contribution in [3.63, 3.8) is 0 Å². The highest BCUT2D eigenvalue weighted by Gasteiger charge is 2.30. The van der Waals surface area contributed by atoms with Gasteiger partial charge in [-0.3, -0.25) is 4.98 Å². The van der Waals surface area contributed by atoms with Crippen molar-refractivity contribution < 1.29 is 24.0 Å². The molecule has 0 aliphatic heterocycles. The smallest absolute Gasteiger partial charge is 0.419 e. The summed E-state index contributed by atoms with van der Waals surface area (Å²) >= 11 is 6.41. The summed E-state index contributed by atoms with van der Waals surface area (Å²) in [5, 5.41) is 13.7. The second-order valence-corrected chi connectivity index (χ2v) is 7.65. The first kappa shape index (κ1) is 23.0. The molecule has 1 N–H and O–H groups in total. The number of carboxylic acids is 1. The molecule has 1 amide bonds. The number of carbonyl (C=O) groups excluding carboxylic acids is 1. The maximum absolute atomic E-state index is 13.0. The Hall–Kier alpha value is -4.17. The lowest BCUT2D eigenvalue weighted by Crippen LogP contribution is -2.27. The van der Waals surface area contributed by atoms with E-state index in [4.69, 9.17) is 20.9 Å². The van der Waals surface area contributed by atoms with Gasteiger partial charge in [-0.1, -0.05) is 53.2 Å². The Morgan fingerprint density at radius 3 is 2.47 bits per heavy atom. The number of aryl methyl sites for hydroxylation is 1. The minimum Gasteiger partial charge on any atom is -0.478 e. The molecule has 9 heteroatoms. The molecule has 172 valence electrons. The summed E-state index contributed by atoms with van der Waals surface area (Å²) in [5.74, 6) is -0.676. The Morgan fingerprint density at radius 1 is 1.09 bits per heavy atom. The van der Waals surface area contributed by atoms with Crippen LogP contribution in [0.25, 0.3) is 22.6 Å². The van der Waals surface area contributed by atoms with Gasteiger partial charge < -0.3 is 14.4 Å². The molecule has 4 rings (SSSR count). The van der Waals surface area contributed by atoms with Gasteiger partial charge in [-0.15, -0.1) is 0 Å². The molecule has 0 fully saturated rings. The standard InChI is InChI=1S/C25H20ClN3O5/c1-3-33-25(32)29(21-7-5-4-6-19(21)26)22-15(2)28-34-23(22)17-10-8-16(9-11-17)20-14-18(24(30)31)12-13-27-20/h4-14H,3H2,1-2H3,(H,30,31). The highest BCUT2D eigenvalue weighted by molar-refractivity contribution is 6.34. The number of carboxylic acid groups (broad SMARTS) is 1. The summed E-state index contributed by atoms with van der Waals surface area (Å²) < 4.78 is 10.9. The largest absolute Gasteiger partial charge is 0.478 e. The third kappa shape index (κ3) is 4.49. The van der Waals surface area contributed by atoms with Gasteiger partial charge in [0.2, 0.25) is 0 Å². The third-order valence-electron chi connectivity index (χ3n) is 5.05. The molecule has 34 heavy (non-hydrogen) atoms. The van der Waals surface area contributed by atoms with E-state index in [1.165, 1.54) is 23.2 Å². The number of hydrogen-bond acceptors (Lipinski definition) is 6. The molecule has 2 aromatic heterocycles. The van der Waals surface area contributed by atoms with Gasteiger partial charge in [0.1, 0.15) is 11.4 Å². The van der Waals surface area contributed by atoms with Crippen LogP contribution in [0.5, 0.6) is 0 Å². The fraction of sp³-hybridized carbons (Fsp3) is 0.120. The zero-order valence-electron chi connectivity index (χ0n) is 18.4. The normalized spacial score (nSPS) is 10.7. The average molecular weight is 478 g/mol. The molecule has 0 unspecified atom stereocenters. The first-order valence-electron chi connectivity index (χ1n) is 10.4. The minimum absolute atomic E-state index is 0.145. The predicted molar refractivity (Wildman–Crippen MR) is 127 cm³/mol. The second-order valence-electron chi connectivity index (χ2n) is 7.24. The van der Waals surface area contributed by atoms with Gasteiger partial charge in [0, 0.05) is 17.3 Å². The van der Waals surface area contributed by atoms with Crippen LogP contribution in [0.1, 0.15) is 23.0 Å². The number of nitrogens with zero attached hydrogens (tertiary/aromatic N) is 3. The summed E-state index contributed by atoms with van der Waals surface area (Å²) in [4.78, 5) is 29.8. The van der Waals surface area contributed by atoms with E-state index in [0.717, 1.165) is 5.56 Å². The van der Waals surface area contributed by atoms with Crippen molar-refractivity contribution in [1.82, 2.24) is 10.1 Å². The van der Waals surface area contributed by atoms with Gasteiger partial charge in [0.15, 0.2) is 5.76 Å². The number of amides is 1. The maximum atomic E-state index is 13.0.